The summed E-state index contributed by atoms with van der Waals surface area (Å²) in [5, 5.41) is 9.11. The topological polar surface area (TPSA) is 58.4 Å². The Kier molecular flexibility index (Phi) is 9.20. The largest absolute Gasteiger partial charge is 0.305 e. The molecule has 0 spiro atoms. The molecule has 0 N–H and O–H groups in total. The summed E-state index contributed by atoms with van der Waals surface area (Å²) in [7, 11) is 0. The molecule has 0 aliphatic heterocycles. The van der Waals surface area contributed by atoms with Gasteiger partial charge in [0.05, 0.1) is 55.5 Å². The Bertz CT molecular complexity index is 4730. The Hall–Kier alpha value is -10.4. The van der Waals surface area contributed by atoms with E-state index in [2.05, 4.69) is 279 Å². The zero-order valence-corrected chi connectivity index (χ0v) is 41.0. The lowest BCUT2D eigenvalue weighted by atomic mass is 10.1. The summed E-state index contributed by atoms with van der Waals surface area (Å²) in [6.45, 7) is 0. The van der Waals surface area contributed by atoms with E-state index in [9.17, 15) is 0 Å². The second-order valence-corrected chi connectivity index (χ2v) is 19.5. The van der Waals surface area contributed by atoms with Gasteiger partial charge < -0.3 is 13.7 Å². The second-order valence-electron chi connectivity index (χ2n) is 19.5. The van der Waals surface area contributed by atoms with Crippen molar-refractivity contribution in [1.82, 2.24) is 33.2 Å². The van der Waals surface area contributed by atoms with Crippen LogP contribution in [0.5, 0.6) is 0 Å². The minimum Gasteiger partial charge on any atom is -0.305 e. The van der Waals surface area contributed by atoms with Gasteiger partial charge in [-0.15, -0.1) is 0 Å². The van der Waals surface area contributed by atoms with Crippen molar-refractivity contribution in [2.75, 3.05) is 0 Å². The third-order valence-electron chi connectivity index (χ3n) is 15.4. The summed E-state index contributed by atoms with van der Waals surface area (Å²) >= 11 is 0. The monoisotopic (exact) mass is 969 g/mol. The lowest BCUT2D eigenvalue weighted by Gasteiger charge is -2.27. The van der Waals surface area contributed by atoms with Crippen LogP contribution in [0.15, 0.2) is 261 Å². The van der Waals surface area contributed by atoms with Gasteiger partial charge in [0.1, 0.15) is 22.8 Å². The molecule has 16 rings (SSSR count). The second kappa shape index (κ2) is 16.6. The van der Waals surface area contributed by atoms with E-state index in [1.54, 1.807) is 0 Å². The molecule has 76 heavy (non-hydrogen) atoms. The molecule has 0 unspecified atom stereocenters. The number of nitrogens with zero attached hydrogens (tertiary/aromatic N) is 7. The Morgan fingerprint density at radius 3 is 0.816 bits per heavy atom. The molecule has 10 aromatic carbocycles. The predicted octanol–water partition coefficient (Wildman–Crippen LogP) is 17.3. The first kappa shape index (κ1) is 42.2. The van der Waals surface area contributed by atoms with E-state index in [0.717, 1.165) is 133 Å². The maximum Gasteiger partial charge on any atom is 0.181 e. The molecule has 0 amide bonds. The Morgan fingerprint density at radius 1 is 0.224 bits per heavy atom. The number of benzene rings is 10. The van der Waals surface area contributed by atoms with Gasteiger partial charge in [-0.3, -0.25) is 4.57 Å². The van der Waals surface area contributed by atoms with E-state index in [-0.39, 0.29) is 0 Å². The molecule has 6 heterocycles. The quantitative estimate of drug-likeness (QED) is 0.160. The van der Waals surface area contributed by atoms with Gasteiger partial charge in [-0.25, -0.2) is 15.0 Å². The fourth-order valence-electron chi connectivity index (χ4n) is 12.2. The lowest BCUT2D eigenvalue weighted by molar-refractivity contribution is 0.968. The van der Waals surface area contributed by atoms with E-state index in [0.29, 0.717) is 11.5 Å². The number of hydrogen-bond acceptors (Lipinski definition) is 3. The van der Waals surface area contributed by atoms with Crippen molar-refractivity contribution < 1.29 is 0 Å². The third-order valence-corrected chi connectivity index (χ3v) is 15.4. The van der Waals surface area contributed by atoms with Gasteiger partial charge in [-0.1, -0.05) is 206 Å². The van der Waals surface area contributed by atoms with Gasteiger partial charge in [0.15, 0.2) is 11.6 Å². The van der Waals surface area contributed by atoms with Gasteiger partial charge in [0.2, 0.25) is 0 Å². The molecule has 7 heteroatoms. The fraction of sp³-hybridized carbons (Fsp3) is 0. The minimum atomic E-state index is 0.495. The molecule has 16 aromatic rings. The summed E-state index contributed by atoms with van der Waals surface area (Å²) in [6.07, 6.45) is 0. The van der Waals surface area contributed by atoms with Crippen LogP contribution in [0.1, 0.15) is 0 Å². The maximum atomic E-state index is 6.31. The van der Waals surface area contributed by atoms with Crippen LogP contribution in [0, 0.1) is 0 Å². The highest BCUT2D eigenvalue weighted by Gasteiger charge is 2.34. The lowest BCUT2D eigenvalue weighted by Crippen LogP contribution is -2.17. The molecule has 0 bridgehead atoms. The van der Waals surface area contributed by atoms with E-state index in [1.807, 2.05) is 0 Å². The van der Waals surface area contributed by atoms with Crippen LogP contribution in [-0.4, -0.2) is 33.2 Å². The van der Waals surface area contributed by atoms with E-state index < -0.39 is 0 Å². The molecule has 0 saturated carbocycles. The standard InChI is InChI=1S/C69H43N7/c1-3-23-44(24-4-1)54-43-55(45-25-5-2-6-26-45)71-68(70-54)64-65(73-56-35-15-7-27-46(56)47-28-8-16-36-57(47)73)66(74-58-37-17-9-29-48(58)49-30-10-18-38-59(49)74)67(75-60-39-19-11-31-50(60)51-32-12-20-40-61(51)75)69(72-64)76-62-41-21-13-33-52(62)53-34-14-22-42-63(53)76/h1-43H. The summed E-state index contributed by atoms with van der Waals surface area (Å²) in [5.41, 5.74) is 15.2. The smallest absolute Gasteiger partial charge is 0.181 e. The van der Waals surface area contributed by atoms with Crippen LogP contribution in [0.25, 0.3) is 144 Å². The van der Waals surface area contributed by atoms with Crippen LogP contribution in [0.2, 0.25) is 0 Å². The van der Waals surface area contributed by atoms with Gasteiger partial charge in [0, 0.05) is 54.2 Å². The third kappa shape index (κ3) is 6.14. The molecule has 0 aliphatic rings. The highest BCUT2D eigenvalue weighted by Crippen LogP contribution is 2.48. The van der Waals surface area contributed by atoms with Crippen molar-refractivity contribution in [2.24, 2.45) is 0 Å². The summed E-state index contributed by atoms with van der Waals surface area (Å²) in [5.74, 6) is 1.23. The van der Waals surface area contributed by atoms with Crippen molar-refractivity contribution in [3.05, 3.63) is 261 Å². The van der Waals surface area contributed by atoms with Crippen LogP contribution >= 0.6 is 0 Å². The van der Waals surface area contributed by atoms with E-state index >= 15 is 0 Å². The SMILES string of the molecule is c1ccc(-c2cc(-c3ccccc3)nc(-c3nc(-n4c5ccccc5c5ccccc54)c(-n4c5ccccc5c5ccccc54)c(-n4c5ccccc5c5ccccc54)c3-n3c4ccccc4c4ccccc43)n2)cc1. The molecule has 0 atom stereocenters. The Balaban J connectivity index is 1.24. The zero-order chi connectivity index (χ0) is 49.8. The van der Waals surface area contributed by atoms with Crippen molar-refractivity contribution in [3.63, 3.8) is 0 Å². The van der Waals surface area contributed by atoms with Crippen molar-refractivity contribution in [1.29, 1.82) is 0 Å². The number of pyridine rings is 1. The van der Waals surface area contributed by atoms with E-state index in [4.69, 9.17) is 15.0 Å². The van der Waals surface area contributed by atoms with Crippen LogP contribution in [-0.2, 0) is 0 Å². The van der Waals surface area contributed by atoms with Gasteiger partial charge >= 0.3 is 0 Å². The van der Waals surface area contributed by atoms with Crippen molar-refractivity contribution in [2.45, 2.75) is 0 Å². The molecular weight excluding hydrogens is 927 g/mol. The Morgan fingerprint density at radius 2 is 0.487 bits per heavy atom. The number of hydrogen-bond donors (Lipinski definition) is 0. The summed E-state index contributed by atoms with van der Waals surface area (Å²) < 4.78 is 9.82. The normalized spacial score (nSPS) is 11.9. The molecule has 354 valence electrons. The molecule has 7 nitrogen and oxygen atoms in total. The van der Waals surface area contributed by atoms with Gasteiger partial charge in [0.25, 0.3) is 0 Å². The number of para-hydroxylation sites is 8. The predicted molar refractivity (Wildman–Crippen MR) is 313 cm³/mol. The molecule has 0 radical (unpaired) electrons. The zero-order valence-electron chi connectivity index (χ0n) is 41.0. The fourth-order valence-corrected chi connectivity index (χ4v) is 12.2. The molecule has 0 aliphatic carbocycles. The van der Waals surface area contributed by atoms with Crippen LogP contribution in [0.3, 0.4) is 0 Å². The first-order valence-corrected chi connectivity index (χ1v) is 25.8. The summed E-state index contributed by atoms with van der Waals surface area (Å²) in [6, 6.07) is 93.3. The molecule has 0 saturated heterocycles. The number of fused-ring (bicyclic) bond motifs is 12. The molecule has 6 aromatic heterocycles. The average Bonchev–Trinajstić information content (AvgIpc) is 4.30. The van der Waals surface area contributed by atoms with Gasteiger partial charge in [-0.05, 0) is 54.6 Å². The number of aromatic nitrogens is 7. The first-order valence-electron chi connectivity index (χ1n) is 25.8. The van der Waals surface area contributed by atoms with E-state index in [1.165, 1.54) is 0 Å². The van der Waals surface area contributed by atoms with Gasteiger partial charge in [-0.2, -0.15) is 0 Å². The van der Waals surface area contributed by atoms with Crippen molar-refractivity contribution >= 4 is 87.2 Å². The first-order chi connectivity index (χ1) is 37.8. The summed E-state index contributed by atoms with van der Waals surface area (Å²) in [4.78, 5) is 17.7. The molecule has 0 fully saturated rings. The highest BCUT2D eigenvalue weighted by molar-refractivity contribution is 6.16. The maximum absolute atomic E-state index is 6.31. The van der Waals surface area contributed by atoms with Crippen molar-refractivity contribution in [3.8, 4) is 56.9 Å². The highest BCUT2D eigenvalue weighted by atomic mass is 15.2. The molecular formula is C69H43N7. The average molecular weight is 970 g/mol. The van der Waals surface area contributed by atoms with Crippen LogP contribution < -0.4 is 0 Å². The van der Waals surface area contributed by atoms with Crippen LogP contribution in [0.4, 0.5) is 0 Å². The minimum absolute atomic E-state index is 0.495. The number of rotatable bonds is 7. The Labute approximate surface area is 436 Å².